The molecule has 2 rings (SSSR count). The summed E-state index contributed by atoms with van der Waals surface area (Å²) < 4.78 is 18.4. The maximum atomic E-state index is 13.6. The first-order valence-corrected chi connectivity index (χ1v) is 6.27. The fourth-order valence-corrected chi connectivity index (χ4v) is 1.86. The molecule has 2 aromatic rings. The molecule has 0 saturated carbocycles. The maximum Gasteiger partial charge on any atom is 0.255 e. The molecule has 2 aromatic carbocycles. The second-order valence-electron chi connectivity index (χ2n) is 4.11. The van der Waals surface area contributed by atoms with Crippen LogP contribution in [-0.2, 0) is 0 Å². The molecular formula is C15H10ClFN2O2. The molecule has 1 N–H and O–H groups in total. The minimum atomic E-state index is -0.637. The average Bonchev–Trinajstić information content (AvgIpc) is 2.49. The molecule has 6 heteroatoms. The van der Waals surface area contributed by atoms with Crippen LogP contribution in [0.3, 0.4) is 0 Å². The first kappa shape index (κ1) is 14.8. The Morgan fingerprint density at radius 1 is 1.33 bits per heavy atom. The van der Waals surface area contributed by atoms with Crippen LogP contribution in [0.25, 0.3) is 0 Å². The summed E-state index contributed by atoms with van der Waals surface area (Å²) in [6.07, 6.45) is 0. The SMILES string of the molecule is COc1ccc(C(=O)Nc2cc(C#N)ccc2Cl)cc1F. The van der Waals surface area contributed by atoms with Gasteiger partial charge in [-0.05, 0) is 36.4 Å². The van der Waals surface area contributed by atoms with Gasteiger partial charge >= 0.3 is 0 Å². The number of nitriles is 1. The number of hydrogen-bond acceptors (Lipinski definition) is 3. The molecule has 21 heavy (non-hydrogen) atoms. The van der Waals surface area contributed by atoms with Crippen LogP contribution in [0, 0.1) is 17.1 Å². The Labute approximate surface area is 125 Å². The summed E-state index contributed by atoms with van der Waals surface area (Å²) in [4.78, 5) is 12.1. The summed E-state index contributed by atoms with van der Waals surface area (Å²) in [6, 6.07) is 10.3. The molecule has 0 fully saturated rings. The quantitative estimate of drug-likeness (QED) is 0.942. The van der Waals surface area contributed by atoms with Crippen LogP contribution in [-0.4, -0.2) is 13.0 Å². The van der Waals surface area contributed by atoms with Gasteiger partial charge in [0.1, 0.15) is 0 Å². The van der Waals surface area contributed by atoms with Crippen LogP contribution in [0.2, 0.25) is 5.02 Å². The van der Waals surface area contributed by atoms with Crippen LogP contribution >= 0.6 is 11.6 Å². The van der Waals surface area contributed by atoms with Crippen molar-refractivity contribution in [1.29, 1.82) is 5.26 Å². The van der Waals surface area contributed by atoms with Gasteiger partial charge in [-0.3, -0.25) is 4.79 Å². The van der Waals surface area contributed by atoms with Crippen molar-refractivity contribution in [3.8, 4) is 11.8 Å². The van der Waals surface area contributed by atoms with Crippen molar-refractivity contribution < 1.29 is 13.9 Å². The summed E-state index contributed by atoms with van der Waals surface area (Å²) in [6.45, 7) is 0. The minimum Gasteiger partial charge on any atom is -0.494 e. The third kappa shape index (κ3) is 3.30. The number of nitrogens with one attached hydrogen (secondary N) is 1. The molecule has 0 aliphatic rings. The zero-order valence-electron chi connectivity index (χ0n) is 11.0. The number of halogens is 2. The van der Waals surface area contributed by atoms with Crippen molar-refractivity contribution in [3.63, 3.8) is 0 Å². The van der Waals surface area contributed by atoms with Gasteiger partial charge in [-0.15, -0.1) is 0 Å². The predicted octanol–water partition coefficient (Wildman–Crippen LogP) is 3.61. The summed E-state index contributed by atoms with van der Waals surface area (Å²) in [7, 11) is 1.34. The van der Waals surface area contributed by atoms with Gasteiger partial charge in [-0.1, -0.05) is 11.6 Å². The molecule has 1 amide bonds. The van der Waals surface area contributed by atoms with Crippen LogP contribution in [0.5, 0.6) is 5.75 Å². The van der Waals surface area contributed by atoms with E-state index in [1.165, 1.54) is 37.4 Å². The zero-order valence-corrected chi connectivity index (χ0v) is 11.7. The molecule has 0 aromatic heterocycles. The number of nitrogens with zero attached hydrogens (tertiary/aromatic N) is 1. The second-order valence-corrected chi connectivity index (χ2v) is 4.52. The molecule has 0 bridgehead atoms. The van der Waals surface area contributed by atoms with Crippen molar-refractivity contribution in [2.75, 3.05) is 12.4 Å². The highest BCUT2D eigenvalue weighted by Gasteiger charge is 2.12. The van der Waals surface area contributed by atoms with E-state index in [4.69, 9.17) is 21.6 Å². The lowest BCUT2D eigenvalue weighted by Crippen LogP contribution is -2.12. The average molecular weight is 305 g/mol. The van der Waals surface area contributed by atoms with E-state index in [0.717, 1.165) is 6.07 Å². The molecule has 4 nitrogen and oxygen atoms in total. The summed E-state index contributed by atoms with van der Waals surface area (Å²) in [5, 5.41) is 11.7. The van der Waals surface area contributed by atoms with Crippen molar-refractivity contribution in [3.05, 3.63) is 58.4 Å². The van der Waals surface area contributed by atoms with E-state index < -0.39 is 11.7 Å². The standard InChI is InChI=1S/C15H10ClFN2O2/c1-21-14-5-3-10(7-12(14)17)15(20)19-13-6-9(8-18)2-4-11(13)16/h2-7H,1H3,(H,19,20). The number of amides is 1. The third-order valence-electron chi connectivity index (χ3n) is 2.76. The summed E-state index contributed by atoms with van der Waals surface area (Å²) >= 11 is 5.95. The van der Waals surface area contributed by atoms with Crippen LogP contribution in [0.1, 0.15) is 15.9 Å². The first-order valence-electron chi connectivity index (χ1n) is 5.89. The topological polar surface area (TPSA) is 62.1 Å². The molecule has 0 unspecified atom stereocenters. The minimum absolute atomic E-state index is 0.0519. The van der Waals surface area contributed by atoms with E-state index >= 15 is 0 Å². The Hall–Kier alpha value is -2.58. The molecule has 0 saturated heterocycles. The van der Waals surface area contributed by atoms with Crippen molar-refractivity contribution in [2.45, 2.75) is 0 Å². The Balaban J connectivity index is 2.26. The molecule has 0 aliphatic carbocycles. The van der Waals surface area contributed by atoms with Gasteiger partial charge in [-0.25, -0.2) is 4.39 Å². The van der Waals surface area contributed by atoms with Crippen LogP contribution in [0.4, 0.5) is 10.1 Å². The van der Waals surface area contributed by atoms with E-state index in [9.17, 15) is 9.18 Å². The van der Waals surface area contributed by atoms with Gasteiger partial charge < -0.3 is 10.1 Å². The maximum absolute atomic E-state index is 13.6. The smallest absolute Gasteiger partial charge is 0.255 e. The molecule has 0 atom stereocenters. The van der Waals surface area contributed by atoms with Crippen molar-refractivity contribution >= 4 is 23.2 Å². The fraction of sp³-hybridized carbons (Fsp3) is 0.0667. The molecular weight excluding hydrogens is 295 g/mol. The second kappa shape index (κ2) is 6.25. The number of ether oxygens (including phenoxy) is 1. The highest BCUT2D eigenvalue weighted by molar-refractivity contribution is 6.34. The zero-order chi connectivity index (χ0) is 15.4. The highest BCUT2D eigenvalue weighted by Crippen LogP contribution is 2.24. The number of hydrogen-bond donors (Lipinski definition) is 1. The lowest BCUT2D eigenvalue weighted by Gasteiger charge is -2.08. The Morgan fingerprint density at radius 3 is 2.71 bits per heavy atom. The number of carbonyl (C=O) groups excluding carboxylic acids is 1. The van der Waals surface area contributed by atoms with Crippen molar-refractivity contribution in [1.82, 2.24) is 0 Å². The van der Waals surface area contributed by atoms with Gasteiger partial charge in [0.05, 0.1) is 29.5 Å². The monoisotopic (exact) mass is 304 g/mol. The van der Waals surface area contributed by atoms with Crippen LogP contribution in [0.15, 0.2) is 36.4 Å². The fourth-order valence-electron chi connectivity index (χ4n) is 1.69. The number of rotatable bonds is 3. The van der Waals surface area contributed by atoms with E-state index in [1.54, 1.807) is 0 Å². The number of carbonyl (C=O) groups is 1. The molecule has 0 spiro atoms. The van der Waals surface area contributed by atoms with Gasteiger partial charge in [0.2, 0.25) is 0 Å². The predicted molar refractivity (Wildman–Crippen MR) is 77.1 cm³/mol. The Morgan fingerprint density at radius 2 is 2.10 bits per heavy atom. The molecule has 0 radical (unpaired) electrons. The Bertz CT molecular complexity index is 741. The van der Waals surface area contributed by atoms with Crippen LogP contribution < -0.4 is 10.1 Å². The van der Waals surface area contributed by atoms with E-state index in [-0.39, 0.29) is 22.0 Å². The first-order chi connectivity index (χ1) is 10.0. The molecule has 0 aliphatic heterocycles. The van der Waals surface area contributed by atoms with Gasteiger partial charge in [0, 0.05) is 5.56 Å². The highest BCUT2D eigenvalue weighted by atomic mass is 35.5. The summed E-state index contributed by atoms with van der Waals surface area (Å²) in [5.41, 5.74) is 0.763. The third-order valence-corrected chi connectivity index (χ3v) is 3.09. The number of anilines is 1. The van der Waals surface area contributed by atoms with Crippen molar-refractivity contribution in [2.24, 2.45) is 0 Å². The van der Waals surface area contributed by atoms with Gasteiger partial charge in [0.15, 0.2) is 11.6 Å². The largest absolute Gasteiger partial charge is 0.494 e. The van der Waals surface area contributed by atoms with Gasteiger partial charge in [0.25, 0.3) is 5.91 Å². The molecule has 0 heterocycles. The number of benzene rings is 2. The lowest BCUT2D eigenvalue weighted by molar-refractivity contribution is 0.102. The van der Waals surface area contributed by atoms with E-state index in [2.05, 4.69) is 5.32 Å². The lowest BCUT2D eigenvalue weighted by atomic mass is 10.1. The van der Waals surface area contributed by atoms with E-state index in [0.29, 0.717) is 5.56 Å². The van der Waals surface area contributed by atoms with Gasteiger partial charge in [-0.2, -0.15) is 5.26 Å². The Kier molecular flexibility index (Phi) is 4.41. The van der Waals surface area contributed by atoms with E-state index in [1.807, 2.05) is 6.07 Å². The molecule has 106 valence electrons. The summed E-state index contributed by atoms with van der Waals surface area (Å²) in [5.74, 6) is -1.12. The normalized spacial score (nSPS) is 9.81. The number of methoxy groups -OCH3 is 1.